The maximum absolute atomic E-state index is 13.2. The first kappa shape index (κ1) is 19.6. The number of benzene rings is 1. The molecule has 2 aromatic heterocycles. The Labute approximate surface area is 174 Å². The smallest absolute Gasteiger partial charge is 0.160 e. The Morgan fingerprint density at radius 3 is 2.21 bits per heavy atom. The number of carbonyl (C=O) groups excluding carboxylic acids is 3. The minimum Gasteiger partial charge on any atom is -0.298 e. The van der Waals surface area contributed by atoms with Crippen molar-refractivity contribution in [3.63, 3.8) is 0 Å². The second kappa shape index (κ2) is 6.42. The van der Waals surface area contributed by atoms with E-state index in [4.69, 9.17) is 0 Å². The SMILES string of the molecule is Cc1sc(-c2cccc3cccnc23)cc1C1C(=O)C(C)(C)C(=O)C(C)(C)C1=O. The van der Waals surface area contributed by atoms with E-state index in [-0.39, 0.29) is 17.3 Å². The molecule has 0 radical (unpaired) electrons. The summed E-state index contributed by atoms with van der Waals surface area (Å²) in [4.78, 5) is 45.6. The monoisotopic (exact) mass is 405 g/mol. The minimum atomic E-state index is -1.18. The van der Waals surface area contributed by atoms with Gasteiger partial charge in [-0.3, -0.25) is 19.4 Å². The summed E-state index contributed by atoms with van der Waals surface area (Å²) in [5.41, 5.74) is 0.212. The number of hydrogen-bond acceptors (Lipinski definition) is 5. The first-order valence-electron chi connectivity index (χ1n) is 9.65. The molecule has 0 unspecified atom stereocenters. The fourth-order valence-corrected chi connectivity index (χ4v) is 5.43. The van der Waals surface area contributed by atoms with Crippen LogP contribution >= 0.6 is 11.3 Å². The number of rotatable bonds is 2. The zero-order valence-corrected chi connectivity index (χ0v) is 18.0. The maximum Gasteiger partial charge on any atom is 0.160 e. The van der Waals surface area contributed by atoms with Crippen LogP contribution in [0.1, 0.15) is 44.1 Å². The van der Waals surface area contributed by atoms with Gasteiger partial charge in [0.05, 0.1) is 16.3 Å². The highest BCUT2D eigenvalue weighted by Crippen LogP contribution is 2.47. The van der Waals surface area contributed by atoms with E-state index in [1.54, 1.807) is 45.2 Å². The van der Waals surface area contributed by atoms with Crippen LogP contribution in [0.2, 0.25) is 0 Å². The van der Waals surface area contributed by atoms with Crippen molar-refractivity contribution in [3.05, 3.63) is 53.0 Å². The molecule has 1 fully saturated rings. The van der Waals surface area contributed by atoms with Crippen molar-refractivity contribution in [1.29, 1.82) is 0 Å². The molecule has 5 heteroatoms. The van der Waals surface area contributed by atoms with Crippen LogP contribution in [-0.4, -0.2) is 22.3 Å². The summed E-state index contributed by atoms with van der Waals surface area (Å²) in [6.07, 6.45) is 1.76. The predicted octanol–water partition coefficient (Wildman–Crippen LogP) is 5.13. The number of para-hydroxylation sites is 1. The average Bonchev–Trinajstić information content (AvgIpc) is 3.07. The standard InChI is InChI=1S/C24H23NO3S/c1-13-16(18-20(26)23(2,3)22(28)24(4,5)21(18)27)12-17(29-13)15-10-6-8-14-9-7-11-25-19(14)15/h6-12,18H,1-5H3. The largest absolute Gasteiger partial charge is 0.298 e. The van der Waals surface area contributed by atoms with Gasteiger partial charge in [0, 0.05) is 26.9 Å². The van der Waals surface area contributed by atoms with E-state index in [2.05, 4.69) is 4.98 Å². The molecule has 4 rings (SSSR count). The molecule has 1 aliphatic carbocycles. The number of fused-ring (bicyclic) bond motifs is 1. The molecule has 0 spiro atoms. The zero-order chi connectivity index (χ0) is 21.1. The van der Waals surface area contributed by atoms with Crippen LogP contribution in [0.25, 0.3) is 21.3 Å². The fraction of sp³-hybridized carbons (Fsp3) is 0.333. The van der Waals surface area contributed by atoms with E-state index in [1.165, 1.54) is 0 Å². The van der Waals surface area contributed by atoms with Crippen molar-refractivity contribution in [1.82, 2.24) is 4.98 Å². The molecule has 0 amide bonds. The Kier molecular flexibility index (Phi) is 4.35. The third-order valence-corrected chi connectivity index (χ3v) is 7.16. The highest BCUT2D eigenvalue weighted by Gasteiger charge is 2.58. The van der Waals surface area contributed by atoms with Gasteiger partial charge in [-0.15, -0.1) is 11.3 Å². The number of aryl methyl sites for hydroxylation is 1. The Balaban J connectivity index is 1.87. The van der Waals surface area contributed by atoms with Gasteiger partial charge in [-0.1, -0.05) is 24.3 Å². The first-order chi connectivity index (χ1) is 13.6. The molecule has 4 nitrogen and oxygen atoms in total. The van der Waals surface area contributed by atoms with Crippen LogP contribution in [-0.2, 0) is 14.4 Å². The number of pyridine rings is 1. The fourth-order valence-electron chi connectivity index (χ4n) is 4.35. The summed E-state index contributed by atoms with van der Waals surface area (Å²) < 4.78 is 0. The second-order valence-corrected chi connectivity index (χ2v) is 10.00. The van der Waals surface area contributed by atoms with Gasteiger partial charge in [-0.25, -0.2) is 0 Å². The molecule has 3 aromatic rings. The Morgan fingerprint density at radius 1 is 0.931 bits per heavy atom. The van der Waals surface area contributed by atoms with Crippen LogP contribution < -0.4 is 0 Å². The number of carbonyl (C=O) groups is 3. The van der Waals surface area contributed by atoms with Crippen LogP contribution in [0, 0.1) is 17.8 Å². The van der Waals surface area contributed by atoms with E-state index in [1.807, 2.05) is 43.3 Å². The summed E-state index contributed by atoms with van der Waals surface area (Å²) in [7, 11) is 0. The van der Waals surface area contributed by atoms with Gasteiger partial charge >= 0.3 is 0 Å². The van der Waals surface area contributed by atoms with Gasteiger partial charge in [0.2, 0.25) is 0 Å². The lowest BCUT2D eigenvalue weighted by Gasteiger charge is -2.40. The number of ketones is 3. The molecule has 0 aliphatic heterocycles. The molecule has 1 aliphatic rings. The molecule has 1 saturated carbocycles. The molecule has 0 saturated heterocycles. The summed E-state index contributed by atoms with van der Waals surface area (Å²) in [5.74, 6) is -1.83. The molecular formula is C24H23NO3S. The summed E-state index contributed by atoms with van der Waals surface area (Å²) >= 11 is 1.55. The van der Waals surface area contributed by atoms with Gasteiger partial charge in [0.1, 0.15) is 5.92 Å². The molecule has 0 N–H and O–H groups in total. The summed E-state index contributed by atoms with van der Waals surface area (Å²) in [6, 6.07) is 11.8. The van der Waals surface area contributed by atoms with Crippen LogP contribution in [0.4, 0.5) is 0 Å². The van der Waals surface area contributed by atoms with E-state index in [0.717, 1.165) is 26.2 Å². The van der Waals surface area contributed by atoms with Crippen LogP contribution in [0.5, 0.6) is 0 Å². The van der Waals surface area contributed by atoms with Gasteiger partial charge in [-0.05, 0) is 52.3 Å². The van der Waals surface area contributed by atoms with Crippen LogP contribution in [0.3, 0.4) is 0 Å². The number of Topliss-reactive ketones (excluding diaryl/α,β-unsaturated/α-hetero) is 3. The minimum absolute atomic E-state index is 0.303. The highest BCUT2D eigenvalue weighted by molar-refractivity contribution is 7.15. The molecule has 0 bridgehead atoms. The van der Waals surface area contributed by atoms with Crippen molar-refractivity contribution < 1.29 is 14.4 Å². The third kappa shape index (κ3) is 2.79. The number of aromatic nitrogens is 1. The highest BCUT2D eigenvalue weighted by atomic mass is 32.1. The topological polar surface area (TPSA) is 64.1 Å². The van der Waals surface area contributed by atoms with Crippen molar-refractivity contribution in [2.45, 2.75) is 40.5 Å². The Bertz CT molecular complexity index is 1150. The lowest BCUT2D eigenvalue weighted by atomic mass is 9.57. The maximum atomic E-state index is 13.2. The Morgan fingerprint density at radius 2 is 1.55 bits per heavy atom. The van der Waals surface area contributed by atoms with E-state index in [0.29, 0.717) is 5.56 Å². The molecule has 0 atom stereocenters. The zero-order valence-electron chi connectivity index (χ0n) is 17.2. The second-order valence-electron chi connectivity index (χ2n) is 8.74. The molecule has 1 aromatic carbocycles. The van der Waals surface area contributed by atoms with Crippen molar-refractivity contribution >= 4 is 39.6 Å². The van der Waals surface area contributed by atoms with Crippen molar-refractivity contribution in [2.24, 2.45) is 10.8 Å². The number of thiophene rings is 1. The number of nitrogens with zero attached hydrogens (tertiary/aromatic N) is 1. The average molecular weight is 406 g/mol. The predicted molar refractivity (Wildman–Crippen MR) is 115 cm³/mol. The lowest BCUT2D eigenvalue weighted by Crippen LogP contribution is -2.56. The summed E-state index contributed by atoms with van der Waals surface area (Å²) in [6.45, 7) is 8.47. The van der Waals surface area contributed by atoms with Crippen molar-refractivity contribution in [2.75, 3.05) is 0 Å². The molecule has 2 heterocycles. The van der Waals surface area contributed by atoms with E-state index < -0.39 is 16.7 Å². The van der Waals surface area contributed by atoms with Gasteiger partial charge < -0.3 is 0 Å². The lowest BCUT2D eigenvalue weighted by molar-refractivity contribution is -0.157. The van der Waals surface area contributed by atoms with Gasteiger partial charge in [0.15, 0.2) is 17.3 Å². The first-order valence-corrected chi connectivity index (χ1v) is 10.5. The molecule has 148 valence electrons. The van der Waals surface area contributed by atoms with Gasteiger partial charge in [0.25, 0.3) is 0 Å². The quantitative estimate of drug-likeness (QED) is 0.555. The Hall–Kier alpha value is -2.66. The summed E-state index contributed by atoms with van der Waals surface area (Å²) in [5, 5.41) is 1.04. The third-order valence-electron chi connectivity index (χ3n) is 6.06. The normalized spacial score (nSPS) is 19.1. The van der Waals surface area contributed by atoms with E-state index >= 15 is 0 Å². The van der Waals surface area contributed by atoms with Crippen molar-refractivity contribution in [3.8, 4) is 10.4 Å². The molecule has 29 heavy (non-hydrogen) atoms. The van der Waals surface area contributed by atoms with E-state index in [9.17, 15) is 14.4 Å². The number of hydrogen-bond donors (Lipinski definition) is 0. The molecular weight excluding hydrogens is 382 g/mol. The van der Waals surface area contributed by atoms with Crippen LogP contribution in [0.15, 0.2) is 42.6 Å². The van der Waals surface area contributed by atoms with Gasteiger partial charge in [-0.2, -0.15) is 0 Å².